The lowest BCUT2D eigenvalue weighted by Gasteiger charge is -2.30. The summed E-state index contributed by atoms with van der Waals surface area (Å²) in [6, 6.07) is 7.89. The maximum absolute atomic E-state index is 14.7. The van der Waals surface area contributed by atoms with E-state index in [0.717, 1.165) is 38.3 Å². The highest BCUT2D eigenvalue weighted by Gasteiger charge is 2.44. The van der Waals surface area contributed by atoms with Crippen LogP contribution in [0.4, 0.5) is 35.1 Å². The molecule has 248 valence electrons. The van der Waals surface area contributed by atoms with Gasteiger partial charge >= 0.3 is 12.4 Å². The Morgan fingerprint density at radius 1 is 0.891 bits per heavy atom. The van der Waals surface area contributed by atoms with Gasteiger partial charge < -0.3 is 5.32 Å². The van der Waals surface area contributed by atoms with Crippen molar-refractivity contribution in [2.75, 3.05) is 6.26 Å². The number of nitriles is 1. The van der Waals surface area contributed by atoms with Gasteiger partial charge in [0, 0.05) is 19.1 Å². The first kappa shape index (κ1) is 36.4. The molecule has 0 saturated carbocycles. The summed E-state index contributed by atoms with van der Waals surface area (Å²) in [4.78, 5) is 13.2. The van der Waals surface area contributed by atoms with Crippen LogP contribution in [0.3, 0.4) is 0 Å². The van der Waals surface area contributed by atoms with Crippen molar-refractivity contribution in [1.82, 2.24) is 10.6 Å². The van der Waals surface area contributed by atoms with Crippen LogP contribution in [0.2, 0.25) is 0 Å². The molecule has 0 spiro atoms. The lowest BCUT2D eigenvalue weighted by molar-refractivity contribution is -0.161. The van der Waals surface area contributed by atoms with Gasteiger partial charge in [-0.05, 0) is 60.4 Å². The number of carbonyl (C=O) groups excluding carboxylic acids is 1. The van der Waals surface area contributed by atoms with Crippen LogP contribution in [0.5, 0.6) is 0 Å². The molecule has 2 N–H and O–H groups in total. The van der Waals surface area contributed by atoms with Gasteiger partial charge in [-0.15, -0.1) is 0 Å². The van der Waals surface area contributed by atoms with Crippen molar-refractivity contribution < 1.29 is 48.3 Å². The number of alkyl halides is 7. The van der Waals surface area contributed by atoms with E-state index in [-0.39, 0.29) is 22.1 Å². The molecule has 0 saturated heterocycles. The van der Waals surface area contributed by atoms with E-state index in [1.807, 2.05) is 0 Å². The number of nitrogens with zero attached hydrogens (tertiary/aromatic N) is 1. The summed E-state index contributed by atoms with van der Waals surface area (Å²) in [7, 11) is -3.47. The fourth-order valence-electron chi connectivity index (χ4n) is 4.57. The standard InChI is InChI=1S/C31H29F8N3O3S/c1-29(2,33)16-26(28(43)41-23(17-40)14-21-8-11-22(15-25(21)32)30(34,35)36)42-27(31(37,38)39)20-6-4-18(5-7-20)19-9-12-24(13-10-19)46(3,44)45/h4-13,15,23,26-27,42H,14,16H2,1-3H3,(H,41,43)/t23?,26-,27-/m0/s1. The molecule has 0 fully saturated rings. The lowest BCUT2D eigenvalue weighted by Crippen LogP contribution is -2.53. The summed E-state index contributed by atoms with van der Waals surface area (Å²) in [6.45, 7) is 2.06. The second-order valence-corrected chi connectivity index (χ2v) is 13.2. The Morgan fingerprint density at radius 2 is 1.43 bits per heavy atom. The first-order chi connectivity index (χ1) is 21.1. The van der Waals surface area contributed by atoms with E-state index in [1.54, 1.807) is 6.07 Å². The molecular weight excluding hydrogens is 646 g/mol. The largest absolute Gasteiger partial charge is 0.416 e. The maximum atomic E-state index is 14.7. The van der Waals surface area contributed by atoms with Gasteiger partial charge in [0.25, 0.3) is 0 Å². The quantitative estimate of drug-likeness (QED) is 0.216. The Kier molecular flexibility index (Phi) is 10.9. The highest BCUT2D eigenvalue weighted by molar-refractivity contribution is 7.90. The predicted molar refractivity (Wildman–Crippen MR) is 153 cm³/mol. The predicted octanol–water partition coefficient (Wildman–Crippen LogP) is 6.87. The van der Waals surface area contributed by atoms with Gasteiger partial charge in [-0.3, -0.25) is 10.1 Å². The molecule has 0 bridgehead atoms. The van der Waals surface area contributed by atoms with Crippen LogP contribution in [0.25, 0.3) is 11.1 Å². The molecule has 6 nitrogen and oxygen atoms in total. The third-order valence-corrected chi connectivity index (χ3v) is 7.97. The highest BCUT2D eigenvalue weighted by atomic mass is 32.2. The van der Waals surface area contributed by atoms with Crippen LogP contribution in [-0.2, 0) is 27.2 Å². The van der Waals surface area contributed by atoms with Crippen molar-refractivity contribution in [3.05, 3.63) is 89.2 Å². The van der Waals surface area contributed by atoms with E-state index in [0.29, 0.717) is 17.2 Å². The second-order valence-electron chi connectivity index (χ2n) is 11.2. The van der Waals surface area contributed by atoms with E-state index in [1.165, 1.54) is 36.4 Å². The van der Waals surface area contributed by atoms with Crippen LogP contribution in [0.15, 0.2) is 71.6 Å². The van der Waals surface area contributed by atoms with E-state index in [9.17, 15) is 53.6 Å². The number of hydrogen-bond acceptors (Lipinski definition) is 5. The van der Waals surface area contributed by atoms with Crippen molar-refractivity contribution in [2.45, 2.75) is 67.7 Å². The molecule has 0 aliphatic carbocycles. The van der Waals surface area contributed by atoms with E-state index in [2.05, 4.69) is 10.6 Å². The molecule has 0 radical (unpaired) electrons. The average Bonchev–Trinajstić information content (AvgIpc) is 2.93. The van der Waals surface area contributed by atoms with Crippen LogP contribution >= 0.6 is 0 Å². The number of nitrogens with one attached hydrogen (secondary N) is 2. The molecule has 0 aliphatic heterocycles. The molecule has 0 heterocycles. The van der Waals surface area contributed by atoms with Crippen molar-refractivity contribution in [3.63, 3.8) is 0 Å². The highest BCUT2D eigenvalue weighted by Crippen LogP contribution is 2.35. The topological polar surface area (TPSA) is 99.1 Å². The molecule has 0 aromatic heterocycles. The number of carbonyl (C=O) groups is 1. The molecule has 3 rings (SSSR count). The summed E-state index contributed by atoms with van der Waals surface area (Å²) < 4.78 is 134. The fraction of sp³-hybridized carbons (Fsp3) is 0.355. The molecule has 46 heavy (non-hydrogen) atoms. The second kappa shape index (κ2) is 13.8. The fourth-order valence-corrected chi connectivity index (χ4v) is 5.20. The molecule has 1 amide bonds. The van der Waals surface area contributed by atoms with Crippen molar-refractivity contribution >= 4 is 15.7 Å². The number of amides is 1. The first-order valence-corrected chi connectivity index (χ1v) is 15.5. The monoisotopic (exact) mass is 675 g/mol. The molecule has 3 aromatic carbocycles. The van der Waals surface area contributed by atoms with E-state index in [4.69, 9.17) is 0 Å². The summed E-state index contributed by atoms with van der Waals surface area (Å²) in [5.74, 6) is -2.53. The Bertz CT molecular complexity index is 1680. The molecule has 3 atom stereocenters. The Balaban J connectivity index is 1.85. The van der Waals surface area contributed by atoms with Crippen LogP contribution in [-0.4, -0.2) is 44.5 Å². The van der Waals surface area contributed by atoms with E-state index >= 15 is 0 Å². The summed E-state index contributed by atoms with van der Waals surface area (Å²) in [6.07, 6.45) is -10.2. The van der Waals surface area contributed by atoms with Crippen molar-refractivity contribution in [2.24, 2.45) is 0 Å². The average molecular weight is 676 g/mol. The maximum Gasteiger partial charge on any atom is 0.416 e. The zero-order valence-electron chi connectivity index (χ0n) is 24.6. The van der Waals surface area contributed by atoms with Crippen LogP contribution in [0.1, 0.15) is 43.0 Å². The Morgan fingerprint density at radius 3 is 1.87 bits per heavy atom. The number of halogens is 8. The molecule has 1 unspecified atom stereocenters. The Labute approximate surface area is 260 Å². The van der Waals surface area contributed by atoms with Crippen LogP contribution < -0.4 is 10.6 Å². The van der Waals surface area contributed by atoms with Gasteiger partial charge in [0.05, 0.1) is 22.6 Å². The van der Waals surface area contributed by atoms with Gasteiger partial charge in [0.2, 0.25) is 5.91 Å². The minimum atomic E-state index is -4.99. The van der Waals surface area contributed by atoms with Crippen molar-refractivity contribution in [3.8, 4) is 17.2 Å². The number of benzene rings is 3. The Hall–Kier alpha value is -4.03. The smallest absolute Gasteiger partial charge is 0.339 e. The zero-order valence-corrected chi connectivity index (χ0v) is 25.4. The third kappa shape index (κ3) is 9.98. The SMILES string of the molecule is CC(C)(F)C[C@H](N[C@@H](c1ccc(-c2ccc(S(C)(=O)=O)cc2)cc1)C(F)(F)F)C(=O)NC(C#N)Cc1ccc(C(F)(F)F)cc1F. The summed E-state index contributed by atoms with van der Waals surface area (Å²) >= 11 is 0. The van der Waals surface area contributed by atoms with Gasteiger partial charge in [-0.2, -0.15) is 31.6 Å². The minimum Gasteiger partial charge on any atom is -0.339 e. The number of hydrogen-bond donors (Lipinski definition) is 2. The number of rotatable bonds is 11. The molecule has 15 heteroatoms. The third-order valence-electron chi connectivity index (χ3n) is 6.84. The normalized spacial score (nSPS) is 14.7. The number of sulfone groups is 1. The molecule has 0 aliphatic rings. The van der Waals surface area contributed by atoms with Crippen LogP contribution in [0, 0.1) is 17.1 Å². The lowest BCUT2D eigenvalue weighted by atomic mass is 9.96. The summed E-state index contributed by atoms with van der Waals surface area (Å²) in [5, 5.41) is 13.8. The first-order valence-electron chi connectivity index (χ1n) is 13.6. The minimum absolute atomic E-state index is 0.0532. The van der Waals surface area contributed by atoms with Gasteiger partial charge in [-0.1, -0.05) is 42.5 Å². The van der Waals surface area contributed by atoms with E-state index < -0.39 is 76.1 Å². The molecular formula is C31H29F8N3O3S. The van der Waals surface area contributed by atoms with Gasteiger partial charge in [-0.25, -0.2) is 17.2 Å². The zero-order chi connectivity index (χ0) is 34.7. The van der Waals surface area contributed by atoms with Gasteiger partial charge in [0.1, 0.15) is 23.6 Å². The molecule has 3 aromatic rings. The van der Waals surface area contributed by atoms with Crippen molar-refractivity contribution in [1.29, 1.82) is 5.26 Å². The summed E-state index contributed by atoms with van der Waals surface area (Å²) in [5.41, 5.74) is -3.20. The van der Waals surface area contributed by atoms with Gasteiger partial charge in [0.15, 0.2) is 9.84 Å².